The molecule has 1 N–H and O–H groups in total. The number of nitrogens with one attached hydrogen (secondary N) is 1. The van der Waals surface area contributed by atoms with Crippen molar-refractivity contribution in [3.05, 3.63) is 71.9 Å². The standard InChI is InChI=1S/C27H33N3O3/c1-27(2,3)24-16-21(13-14-33-24)28-26(31)23-18-30(17-19-9-6-5-7-10-19)29-25(23)20-11-8-12-22(15-20)32-4/h5-12,15,18,21,24H,13-14,16-17H2,1-4H3,(H,28,31)/t21-,24-/m0/s1. The predicted octanol–water partition coefficient (Wildman–Crippen LogP) is 4.93. The van der Waals surface area contributed by atoms with Crippen LogP contribution in [0.15, 0.2) is 60.8 Å². The van der Waals surface area contributed by atoms with E-state index in [-0.39, 0.29) is 23.5 Å². The fourth-order valence-electron chi connectivity index (χ4n) is 4.22. The average molecular weight is 448 g/mol. The van der Waals surface area contributed by atoms with Gasteiger partial charge < -0.3 is 14.8 Å². The second kappa shape index (κ2) is 9.79. The van der Waals surface area contributed by atoms with Gasteiger partial charge >= 0.3 is 0 Å². The van der Waals surface area contributed by atoms with Crippen molar-refractivity contribution in [3.63, 3.8) is 0 Å². The summed E-state index contributed by atoms with van der Waals surface area (Å²) in [6, 6.07) is 17.9. The summed E-state index contributed by atoms with van der Waals surface area (Å²) in [5, 5.41) is 8.04. The number of methoxy groups -OCH3 is 1. The second-order valence-electron chi connectivity index (χ2n) is 9.73. The summed E-state index contributed by atoms with van der Waals surface area (Å²) < 4.78 is 13.2. The Labute approximate surface area is 195 Å². The van der Waals surface area contributed by atoms with E-state index < -0.39 is 0 Å². The van der Waals surface area contributed by atoms with Gasteiger partial charge in [-0.25, -0.2) is 0 Å². The number of carbonyl (C=O) groups excluding carboxylic acids is 1. The molecule has 0 unspecified atom stereocenters. The highest BCUT2D eigenvalue weighted by molar-refractivity contribution is 6.00. The maximum Gasteiger partial charge on any atom is 0.255 e. The van der Waals surface area contributed by atoms with E-state index in [1.807, 2.05) is 53.3 Å². The van der Waals surface area contributed by atoms with Gasteiger partial charge in [-0.3, -0.25) is 9.48 Å². The first-order valence-electron chi connectivity index (χ1n) is 11.5. The highest BCUT2D eigenvalue weighted by atomic mass is 16.5. The molecule has 2 heterocycles. The molecule has 1 amide bonds. The van der Waals surface area contributed by atoms with Crippen LogP contribution in [0.25, 0.3) is 11.3 Å². The number of benzene rings is 2. The van der Waals surface area contributed by atoms with E-state index in [4.69, 9.17) is 14.6 Å². The van der Waals surface area contributed by atoms with Gasteiger partial charge in [0.1, 0.15) is 11.4 Å². The molecule has 1 aromatic heterocycles. The Kier molecular flexibility index (Phi) is 6.84. The molecule has 1 fully saturated rings. The average Bonchev–Trinajstić information content (AvgIpc) is 3.23. The van der Waals surface area contributed by atoms with E-state index in [9.17, 15) is 4.79 Å². The van der Waals surface area contributed by atoms with Crippen LogP contribution >= 0.6 is 0 Å². The Bertz CT molecular complexity index is 1090. The first kappa shape index (κ1) is 23.1. The summed E-state index contributed by atoms with van der Waals surface area (Å²) in [6.07, 6.45) is 3.58. The summed E-state index contributed by atoms with van der Waals surface area (Å²) in [5.74, 6) is 0.626. The van der Waals surface area contributed by atoms with Crippen molar-refractivity contribution < 1.29 is 14.3 Å². The molecular formula is C27H33N3O3. The summed E-state index contributed by atoms with van der Waals surface area (Å²) in [4.78, 5) is 13.4. The normalized spacial score (nSPS) is 18.7. The predicted molar refractivity (Wildman–Crippen MR) is 129 cm³/mol. The molecule has 0 aliphatic carbocycles. The lowest BCUT2D eigenvalue weighted by Gasteiger charge is -2.37. The van der Waals surface area contributed by atoms with Gasteiger partial charge in [-0.15, -0.1) is 0 Å². The maximum atomic E-state index is 13.4. The third-order valence-electron chi connectivity index (χ3n) is 6.12. The van der Waals surface area contributed by atoms with Crippen LogP contribution in [-0.2, 0) is 11.3 Å². The fourth-order valence-corrected chi connectivity index (χ4v) is 4.22. The zero-order valence-corrected chi connectivity index (χ0v) is 19.9. The summed E-state index contributed by atoms with van der Waals surface area (Å²) in [7, 11) is 1.64. The molecule has 33 heavy (non-hydrogen) atoms. The molecule has 4 rings (SSSR count). The molecule has 2 atom stereocenters. The molecule has 0 radical (unpaired) electrons. The van der Waals surface area contributed by atoms with Gasteiger partial charge in [0.2, 0.25) is 0 Å². The number of hydrogen-bond donors (Lipinski definition) is 1. The van der Waals surface area contributed by atoms with Crippen molar-refractivity contribution in [2.45, 2.75) is 52.3 Å². The highest BCUT2D eigenvalue weighted by Gasteiger charge is 2.33. The third-order valence-corrected chi connectivity index (χ3v) is 6.12. The summed E-state index contributed by atoms with van der Waals surface area (Å²) in [5.41, 5.74) is 3.24. The van der Waals surface area contributed by atoms with Gasteiger partial charge in [0.05, 0.1) is 25.3 Å². The number of amides is 1. The Morgan fingerprint density at radius 3 is 2.70 bits per heavy atom. The number of nitrogens with zero attached hydrogens (tertiary/aromatic N) is 2. The Morgan fingerprint density at radius 2 is 1.97 bits per heavy atom. The van der Waals surface area contributed by atoms with Crippen molar-refractivity contribution >= 4 is 5.91 Å². The van der Waals surface area contributed by atoms with E-state index in [1.54, 1.807) is 7.11 Å². The lowest BCUT2D eigenvalue weighted by atomic mass is 9.83. The van der Waals surface area contributed by atoms with Gasteiger partial charge in [-0.2, -0.15) is 5.10 Å². The summed E-state index contributed by atoms with van der Waals surface area (Å²) >= 11 is 0. The molecule has 1 aliphatic heterocycles. The van der Waals surface area contributed by atoms with Gasteiger partial charge in [-0.1, -0.05) is 63.2 Å². The fraction of sp³-hybridized carbons (Fsp3) is 0.407. The molecule has 0 bridgehead atoms. The van der Waals surface area contributed by atoms with Crippen molar-refractivity contribution in [3.8, 4) is 17.0 Å². The monoisotopic (exact) mass is 447 g/mol. The van der Waals surface area contributed by atoms with Crippen molar-refractivity contribution in [1.29, 1.82) is 0 Å². The Balaban J connectivity index is 1.61. The number of rotatable bonds is 6. The molecule has 2 aromatic carbocycles. The first-order valence-corrected chi connectivity index (χ1v) is 11.5. The van der Waals surface area contributed by atoms with Gasteiger partial charge in [0.25, 0.3) is 5.91 Å². The van der Waals surface area contributed by atoms with Crippen LogP contribution < -0.4 is 10.1 Å². The van der Waals surface area contributed by atoms with Crippen LogP contribution in [0.5, 0.6) is 5.75 Å². The van der Waals surface area contributed by atoms with Crippen LogP contribution in [0.4, 0.5) is 0 Å². The molecule has 0 spiro atoms. The molecule has 1 aliphatic rings. The maximum absolute atomic E-state index is 13.4. The molecule has 174 valence electrons. The van der Waals surface area contributed by atoms with E-state index in [2.05, 4.69) is 38.2 Å². The Hall–Kier alpha value is -3.12. The van der Waals surface area contributed by atoms with E-state index >= 15 is 0 Å². The SMILES string of the molecule is COc1cccc(-c2nn(Cc3ccccc3)cc2C(=O)N[C@H]2CCO[C@H](C(C)(C)C)C2)c1. The van der Waals surface area contributed by atoms with Crippen molar-refractivity contribution in [2.75, 3.05) is 13.7 Å². The molecule has 6 heteroatoms. The second-order valence-corrected chi connectivity index (χ2v) is 9.73. The van der Waals surface area contributed by atoms with E-state index in [0.717, 1.165) is 29.7 Å². The number of hydrogen-bond acceptors (Lipinski definition) is 4. The first-order chi connectivity index (χ1) is 15.8. The van der Waals surface area contributed by atoms with Crippen LogP contribution in [0.3, 0.4) is 0 Å². The minimum Gasteiger partial charge on any atom is -0.497 e. The van der Waals surface area contributed by atoms with Gasteiger partial charge in [0, 0.05) is 24.4 Å². The Morgan fingerprint density at radius 1 is 1.18 bits per heavy atom. The molecule has 3 aromatic rings. The molecule has 0 saturated carbocycles. The minimum atomic E-state index is -0.105. The van der Waals surface area contributed by atoms with E-state index in [0.29, 0.717) is 24.4 Å². The van der Waals surface area contributed by atoms with Crippen LogP contribution in [0.1, 0.15) is 49.5 Å². The quantitative estimate of drug-likeness (QED) is 0.582. The summed E-state index contributed by atoms with van der Waals surface area (Å²) in [6.45, 7) is 7.78. The highest BCUT2D eigenvalue weighted by Crippen LogP contribution is 2.30. The number of carbonyl (C=O) groups is 1. The van der Waals surface area contributed by atoms with Crippen LogP contribution in [-0.4, -0.2) is 41.6 Å². The zero-order valence-electron chi connectivity index (χ0n) is 19.9. The lowest BCUT2D eigenvalue weighted by Crippen LogP contribution is -2.45. The molecular weight excluding hydrogens is 414 g/mol. The van der Waals surface area contributed by atoms with Crippen molar-refractivity contribution in [1.82, 2.24) is 15.1 Å². The largest absolute Gasteiger partial charge is 0.497 e. The van der Waals surface area contributed by atoms with E-state index in [1.165, 1.54) is 0 Å². The van der Waals surface area contributed by atoms with Crippen LogP contribution in [0, 0.1) is 5.41 Å². The minimum absolute atomic E-state index is 0.0374. The third kappa shape index (κ3) is 5.63. The molecule has 6 nitrogen and oxygen atoms in total. The zero-order chi connectivity index (χ0) is 23.4. The smallest absolute Gasteiger partial charge is 0.255 e. The molecule has 1 saturated heterocycles. The topological polar surface area (TPSA) is 65.4 Å². The number of aromatic nitrogens is 2. The lowest BCUT2D eigenvalue weighted by molar-refractivity contribution is -0.0569. The number of ether oxygens (including phenoxy) is 2. The van der Waals surface area contributed by atoms with Crippen LogP contribution in [0.2, 0.25) is 0 Å². The van der Waals surface area contributed by atoms with Gasteiger partial charge in [0.15, 0.2) is 0 Å². The van der Waals surface area contributed by atoms with Crippen molar-refractivity contribution in [2.24, 2.45) is 5.41 Å². The van der Waals surface area contributed by atoms with Gasteiger partial charge in [-0.05, 0) is 36.0 Å².